The largest absolute Gasteiger partial charge is 0.396 e. The molecule has 0 aromatic carbocycles. The fourth-order valence-electron chi connectivity index (χ4n) is 2.87. The smallest absolute Gasteiger partial charge is 0.0739 e. The van der Waals surface area contributed by atoms with Gasteiger partial charge in [0.15, 0.2) is 0 Å². The maximum Gasteiger partial charge on any atom is 0.0739 e. The van der Waals surface area contributed by atoms with Crippen molar-refractivity contribution in [3.05, 3.63) is 15.9 Å². The van der Waals surface area contributed by atoms with E-state index < -0.39 is 0 Å². The Morgan fingerprint density at radius 1 is 1.44 bits per heavy atom. The summed E-state index contributed by atoms with van der Waals surface area (Å²) in [4.78, 5) is 0. The highest BCUT2D eigenvalue weighted by Gasteiger charge is 2.26. The van der Waals surface area contributed by atoms with Gasteiger partial charge in [-0.3, -0.25) is 4.68 Å². The Morgan fingerprint density at radius 2 is 2.17 bits per heavy atom. The lowest BCUT2D eigenvalue weighted by atomic mass is 9.97. The molecule has 2 atom stereocenters. The predicted molar refractivity (Wildman–Crippen MR) is 75.3 cm³/mol. The molecule has 0 radical (unpaired) electrons. The number of aromatic nitrogens is 2. The first-order valence-electron chi connectivity index (χ1n) is 6.63. The molecule has 2 unspecified atom stereocenters. The number of aliphatic hydroxyl groups is 1. The van der Waals surface area contributed by atoms with Gasteiger partial charge in [-0.05, 0) is 54.1 Å². The topological polar surface area (TPSA) is 50.1 Å². The summed E-state index contributed by atoms with van der Waals surface area (Å²) in [6, 6.07) is 0. The Morgan fingerprint density at radius 3 is 2.78 bits per heavy atom. The van der Waals surface area contributed by atoms with E-state index in [2.05, 4.69) is 26.3 Å². The van der Waals surface area contributed by atoms with E-state index in [1.807, 2.05) is 18.7 Å². The minimum absolute atomic E-state index is 0.334. The Balaban J connectivity index is 1.85. The first kappa shape index (κ1) is 14.0. The molecule has 1 fully saturated rings. The Labute approximate surface area is 117 Å². The average molecular weight is 316 g/mol. The molecule has 1 aliphatic rings. The van der Waals surface area contributed by atoms with Gasteiger partial charge < -0.3 is 10.4 Å². The number of nitrogens with zero attached hydrogens (tertiary/aromatic N) is 2. The van der Waals surface area contributed by atoms with Gasteiger partial charge in [0.25, 0.3) is 0 Å². The third kappa shape index (κ3) is 2.95. The standard InChI is InChI=1S/C13H22BrN3O/c1-9-13(14)12(17(2)16-9)7-15-6-10-4-3-5-11(10)8-18/h10-11,15,18H,3-8H2,1-2H3. The van der Waals surface area contributed by atoms with Crippen molar-refractivity contribution in [3.8, 4) is 0 Å². The van der Waals surface area contributed by atoms with E-state index in [9.17, 15) is 5.11 Å². The summed E-state index contributed by atoms with van der Waals surface area (Å²) in [6.07, 6.45) is 3.67. The normalized spacial score (nSPS) is 23.8. The molecule has 0 aliphatic heterocycles. The lowest BCUT2D eigenvalue weighted by Crippen LogP contribution is -2.27. The van der Waals surface area contributed by atoms with Gasteiger partial charge in [-0.15, -0.1) is 0 Å². The molecular weight excluding hydrogens is 294 g/mol. The van der Waals surface area contributed by atoms with Crippen LogP contribution in [-0.4, -0.2) is 28.0 Å². The minimum atomic E-state index is 0.334. The van der Waals surface area contributed by atoms with Gasteiger partial charge in [0.1, 0.15) is 0 Å². The van der Waals surface area contributed by atoms with Gasteiger partial charge in [-0.25, -0.2) is 0 Å². The van der Waals surface area contributed by atoms with Gasteiger partial charge in [0.2, 0.25) is 0 Å². The van der Waals surface area contributed by atoms with Crippen LogP contribution < -0.4 is 5.32 Å². The maximum atomic E-state index is 9.29. The third-order valence-electron chi connectivity index (χ3n) is 4.01. The summed E-state index contributed by atoms with van der Waals surface area (Å²) in [5.74, 6) is 1.12. The second-order valence-corrected chi connectivity index (χ2v) is 6.03. The number of hydrogen-bond acceptors (Lipinski definition) is 3. The van der Waals surface area contributed by atoms with Crippen molar-refractivity contribution in [2.24, 2.45) is 18.9 Å². The fourth-order valence-corrected chi connectivity index (χ4v) is 3.35. The molecule has 2 N–H and O–H groups in total. The predicted octanol–water partition coefficient (Wildman–Crippen LogP) is 1.99. The Bertz CT molecular complexity index is 405. The number of hydrogen-bond donors (Lipinski definition) is 2. The van der Waals surface area contributed by atoms with E-state index in [-0.39, 0.29) is 0 Å². The van der Waals surface area contributed by atoms with Crippen LogP contribution in [0.1, 0.15) is 30.7 Å². The van der Waals surface area contributed by atoms with Crippen molar-refractivity contribution in [2.75, 3.05) is 13.2 Å². The SMILES string of the molecule is Cc1nn(C)c(CNCC2CCCC2CO)c1Br. The van der Waals surface area contributed by atoms with Crippen molar-refractivity contribution in [2.45, 2.75) is 32.7 Å². The lowest BCUT2D eigenvalue weighted by Gasteiger charge is -2.17. The zero-order valence-corrected chi connectivity index (χ0v) is 12.7. The summed E-state index contributed by atoms with van der Waals surface area (Å²) in [5, 5.41) is 17.2. The Hall–Kier alpha value is -0.390. The summed E-state index contributed by atoms with van der Waals surface area (Å²) < 4.78 is 3.02. The molecule has 102 valence electrons. The number of rotatable bonds is 5. The van der Waals surface area contributed by atoms with Crippen LogP contribution in [0.5, 0.6) is 0 Å². The highest BCUT2D eigenvalue weighted by atomic mass is 79.9. The quantitative estimate of drug-likeness (QED) is 0.873. The van der Waals surface area contributed by atoms with Crippen molar-refractivity contribution in [1.29, 1.82) is 0 Å². The summed E-state index contributed by atoms with van der Waals surface area (Å²) in [5.41, 5.74) is 2.22. The van der Waals surface area contributed by atoms with Gasteiger partial charge >= 0.3 is 0 Å². The van der Waals surface area contributed by atoms with Crippen LogP contribution >= 0.6 is 15.9 Å². The maximum absolute atomic E-state index is 9.29. The van der Waals surface area contributed by atoms with Gasteiger partial charge in [0.05, 0.1) is 15.9 Å². The van der Waals surface area contributed by atoms with E-state index >= 15 is 0 Å². The fraction of sp³-hybridized carbons (Fsp3) is 0.769. The van der Waals surface area contributed by atoms with Gasteiger partial charge in [-0.1, -0.05) is 6.42 Å². The van der Waals surface area contributed by atoms with Crippen molar-refractivity contribution in [3.63, 3.8) is 0 Å². The molecule has 18 heavy (non-hydrogen) atoms. The Kier molecular flexibility index (Phi) is 4.81. The number of nitrogens with one attached hydrogen (secondary N) is 1. The minimum Gasteiger partial charge on any atom is -0.396 e. The molecule has 0 spiro atoms. The van der Waals surface area contributed by atoms with E-state index in [1.165, 1.54) is 25.0 Å². The van der Waals surface area contributed by atoms with Crippen LogP contribution in [0.15, 0.2) is 4.47 Å². The van der Waals surface area contributed by atoms with E-state index in [4.69, 9.17) is 0 Å². The van der Waals surface area contributed by atoms with Crippen LogP contribution in [0.25, 0.3) is 0 Å². The molecular formula is C13H22BrN3O. The molecule has 2 rings (SSSR count). The molecule has 0 amide bonds. The van der Waals surface area contributed by atoms with Crippen LogP contribution in [0, 0.1) is 18.8 Å². The van der Waals surface area contributed by atoms with E-state index in [1.54, 1.807) is 0 Å². The molecule has 0 saturated heterocycles. The summed E-state index contributed by atoms with van der Waals surface area (Å²) >= 11 is 3.58. The van der Waals surface area contributed by atoms with Crippen molar-refractivity contribution in [1.82, 2.24) is 15.1 Å². The third-order valence-corrected chi connectivity index (χ3v) is 5.04. The zero-order chi connectivity index (χ0) is 13.1. The number of halogens is 1. The van der Waals surface area contributed by atoms with Crippen LogP contribution in [-0.2, 0) is 13.6 Å². The highest BCUT2D eigenvalue weighted by molar-refractivity contribution is 9.10. The molecule has 1 aromatic heterocycles. The van der Waals surface area contributed by atoms with Crippen LogP contribution in [0.2, 0.25) is 0 Å². The molecule has 1 saturated carbocycles. The summed E-state index contributed by atoms with van der Waals surface area (Å²) in [6.45, 7) is 4.15. The lowest BCUT2D eigenvalue weighted by molar-refractivity contribution is 0.192. The van der Waals surface area contributed by atoms with Crippen molar-refractivity contribution < 1.29 is 5.11 Å². The first-order valence-corrected chi connectivity index (χ1v) is 7.42. The molecule has 1 heterocycles. The monoisotopic (exact) mass is 315 g/mol. The second-order valence-electron chi connectivity index (χ2n) is 5.23. The first-order chi connectivity index (χ1) is 8.63. The number of aliphatic hydroxyl groups excluding tert-OH is 1. The molecule has 1 aromatic rings. The highest BCUT2D eigenvalue weighted by Crippen LogP contribution is 2.30. The molecule has 4 nitrogen and oxygen atoms in total. The molecule has 5 heteroatoms. The zero-order valence-electron chi connectivity index (χ0n) is 11.1. The van der Waals surface area contributed by atoms with E-state index in [0.717, 1.165) is 23.3 Å². The van der Waals surface area contributed by atoms with Crippen molar-refractivity contribution >= 4 is 15.9 Å². The van der Waals surface area contributed by atoms with Gasteiger partial charge in [-0.2, -0.15) is 5.10 Å². The second kappa shape index (κ2) is 6.17. The number of aryl methyl sites for hydroxylation is 2. The summed E-state index contributed by atoms with van der Waals surface area (Å²) in [7, 11) is 1.97. The molecule has 0 bridgehead atoms. The van der Waals surface area contributed by atoms with Crippen LogP contribution in [0.4, 0.5) is 0 Å². The van der Waals surface area contributed by atoms with Gasteiger partial charge in [0, 0.05) is 20.2 Å². The average Bonchev–Trinajstić information content (AvgIpc) is 2.89. The van der Waals surface area contributed by atoms with E-state index in [0.29, 0.717) is 18.4 Å². The van der Waals surface area contributed by atoms with Crippen LogP contribution in [0.3, 0.4) is 0 Å². The molecule has 1 aliphatic carbocycles.